The van der Waals surface area contributed by atoms with Gasteiger partial charge in [0.25, 0.3) is 5.91 Å². The molecule has 1 aliphatic rings. The molecule has 5 nitrogen and oxygen atoms in total. The lowest BCUT2D eigenvalue weighted by Crippen LogP contribution is -2.43. The summed E-state index contributed by atoms with van der Waals surface area (Å²) in [5.74, 6) is -1.22. The monoisotopic (exact) mass is 280 g/mol. The zero-order chi connectivity index (χ0) is 14.5. The normalized spacial score (nSPS) is 18.1. The van der Waals surface area contributed by atoms with Crippen molar-refractivity contribution in [1.82, 2.24) is 10.2 Å². The first kappa shape index (κ1) is 14.5. The highest BCUT2D eigenvalue weighted by atomic mass is 19.1. The van der Waals surface area contributed by atoms with Crippen molar-refractivity contribution in [2.45, 2.75) is 18.9 Å². The number of nitrogens with one attached hydrogen (secondary N) is 1. The molecule has 0 radical (unpaired) electrons. The van der Waals surface area contributed by atoms with Gasteiger partial charge in [-0.1, -0.05) is 6.07 Å². The minimum Gasteiger partial charge on any atom is -0.394 e. The molecule has 1 aliphatic heterocycles. The maximum absolute atomic E-state index is 13.0. The number of hydrogen-bond donors (Lipinski definition) is 2. The quantitative estimate of drug-likeness (QED) is 0.845. The molecule has 6 heteroatoms. The van der Waals surface area contributed by atoms with Gasteiger partial charge in [-0.2, -0.15) is 0 Å². The van der Waals surface area contributed by atoms with Crippen molar-refractivity contribution >= 4 is 11.8 Å². The lowest BCUT2D eigenvalue weighted by Gasteiger charge is -2.23. The summed E-state index contributed by atoms with van der Waals surface area (Å²) in [5, 5.41) is 11.6. The Morgan fingerprint density at radius 2 is 2.25 bits per heavy atom. The van der Waals surface area contributed by atoms with Crippen LogP contribution in [0.2, 0.25) is 0 Å². The maximum Gasteiger partial charge on any atom is 0.251 e. The summed E-state index contributed by atoms with van der Waals surface area (Å²) in [6.07, 6.45) is 1.63. The fourth-order valence-corrected chi connectivity index (χ4v) is 2.34. The van der Waals surface area contributed by atoms with E-state index in [1.807, 2.05) is 0 Å². The van der Waals surface area contributed by atoms with Gasteiger partial charge < -0.3 is 15.3 Å². The molecule has 1 aromatic rings. The first-order chi connectivity index (χ1) is 9.61. The predicted octanol–water partition coefficient (Wildman–Crippen LogP) is 0.539. The van der Waals surface area contributed by atoms with Crippen LogP contribution in [0.25, 0.3) is 0 Å². The van der Waals surface area contributed by atoms with E-state index in [2.05, 4.69) is 5.32 Å². The van der Waals surface area contributed by atoms with Crippen molar-refractivity contribution in [2.75, 3.05) is 19.7 Å². The molecule has 20 heavy (non-hydrogen) atoms. The maximum atomic E-state index is 13.0. The smallest absolute Gasteiger partial charge is 0.251 e. The second-order valence-corrected chi connectivity index (χ2v) is 4.76. The number of carbonyl (C=O) groups is 2. The number of rotatable bonds is 4. The minimum atomic E-state index is -0.496. The molecule has 1 heterocycles. The topological polar surface area (TPSA) is 69.6 Å². The van der Waals surface area contributed by atoms with Crippen LogP contribution < -0.4 is 5.32 Å². The van der Waals surface area contributed by atoms with Gasteiger partial charge in [0.15, 0.2) is 0 Å². The van der Waals surface area contributed by atoms with Crippen LogP contribution in [-0.2, 0) is 4.79 Å². The molecular weight excluding hydrogens is 263 g/mol. The summed E-state index contributed by atoms with van der Waals surface area (Å²) < 4.78 is 13.0. The van der Waals surface area contributed by atoms with Crippen molar-refractivity contribution < 1.29 is 19.1 Å². The molecular formula is C14H17FN2O3. The van der Waals surface area contributed by atoms with E-state index in [0.717, 1.165) is 18.9 Å². The van der Waals surface area contributed by atoms with Gasteiger partial charge in [-0.05, 0) is 31.0 Å². The largest absolute Gasteiger partial charge is 0.394 e. The Morgan fingerprint density at radius 3 is 2.95 bits per heavy atom. The second kappa shape index (κ2) is 6.47. The van der Waals surface area contributed by atoms with Crippen LogP contribution in [0.15, 0.2) is 24.3 Å². The Morgan fingerprint density at radius 1 is 1.45 bits per heavy atom. The zero-order valence-electron chi connectivity index (χ0n) is 11.0. The number of aliphatic hydroxyl groups excluding tert-OH is 1. The van der Waals surface area contributed by atoms with Gasteiger partial charge in [0.2, 0.25) is 5.91 Å². The van der Waals surface area contributed by atoms with Crippen LogP contribution in [-0.4, -0.2) is 47.6 Å². The number of nitrogens with zero attached hydrogens (tertiary/aromatic N) is 1. The van der Waals surface area contributed by atoms with Gasteiger partial charge in [-0.25, -0.2) is 4.39 Å². The molecule has 0 aliphatic carbocycles. The fraction of sp³-hybridized carbons (Fsp3) is 0.429. The molecule has 1 fully saturated rings. The third-order valence-electron chi connectivity index (χ3n) is 3.40. The van der Waals surface area contributed by atoms with Crippen molar-refractivity contribution in [3.63, 3.8) is 0 Å². The Bertz CT molecular complexity index is 507. The number of benzene rings is 1. The summed E-state index contributed by atoms with van der Waals surface area (Å²) >= 11 is 0. The highest BCUT2D eigenvalue weighted by molar-refractivity contribution is 5.96. The van der Waals surface area contributed by atoms with Gasteiger partial charge in [-0.15, -0.1) is 0 Å². The van der Waals surface area contributed by atoms with E-state index >= 15 is 0 Å². The highest BCUT2D eigenvalue weighted by Gasteiger charge is 2.27. The molecule has 0 unspecified atom stereocenters. The van der Waals surface area contributed by atoms with E-state index in [1.54, 1.807) is 4.90 Å². The Balaban J connectivity index is 1.88. The van der Waals surface area contributed by atoms with Crippen molar-refractivity contribution in [2.24, 2.45) is 0 Å². The van der Waals surface area contributed by atoms with E-state index in [0.29, 0.717) is 6.54 Å². The molecule has 0 saturated carbocycles. The average Bonchev–Trinajstić information content (AvgIpc) is 2.92. The summed E-state index contributed by atoms with van der Waals surface area (Å²) in [5.41, 5.74) is 0.179. The number of hydrogen-bond acceptors (Lipinski definition) is 3. The average molecular weight is 280 g/mol. The van der Waals surface area contributed by atoms with Crippen molar-refractivity contribution in [1.29, 1.82) is 0 Å². The predicted molar refractivity (Wildman–Crippen MR) is 70.6 cm³/mol. The van der Waals surface area contributed by atoms with E-state index < -0.39 is 11.7 Å². The molecule has 1 aromatic carbocycles. The highest BCUT2D eigenvalue weighted by Crippen LogP contribution is 2.16. The standard InChI is InChI=1S/C14H17FN2O3/c15-11-4-1-3-10(7-11)14(20)16-8-13(19)17-6-2-5-12(17)9-18/h1,3-4,7,12,18H,2,5-6,8-9H2,(H,16,20)/t12-/m0/s1. The van der Waals surface area contributed by atoms with Crippen LogP contribution in [0, 0.1) is 5.82 Å². The summed E-state index contributed by atoms with van der Waals surface area (Å²) in [4.78, 5) is 25.3. The van der Waals surface area contributed by atoms with E-state index in [1.165, 1.54) is 18.2 Å². The third-order valence-corrected chi connectivity index (χ3v) is 3.40. The van der Waals surface area contributed by atoms with Crippen molar-refractivity contribution in [3.8, 4) is 0 Å². The Labute approximate surface area is 116 Å². The Hall–Kier alpha value is -1.95. The molecule has 108 valence electrons. The molecule has 0 spiro atoms. The first-order valence-electron chi connectivity index (χ1n) is 6.56. The van der Waals surface area contributed by atoms with Crippen LogP contribution in [0.1, 0.15) is 23.2 Å². The van der Waals surface area contributed by atoms with E-state index in [-0.39, 0.29) is 30.7 Å². The Kier molecular flexibility index (Phi) is 4.68. The van der Waals surface area contributed by atoms with Gasteiger partial charge in [0.05, 0.1) is 19.2 Å². The lowest BCUT2D eigenvalue weighted by molar-refractivity contribution is -0.131. The van der Waals surface area contributed by atoms with Crippen LogP contribution in [0.3, 0.4) is 0 Å². The number of carbonyl (C=O) groups excluding carboxylic acids is 2. The fourth-order valence-electron chi connectivity index (χ4n) is 2.34. The number of likely N-dealkylation sites (tertiary alicyclic amines) is 1. The van der Waals surface area contributed by atoms with Gasteiger partial charge in [0.1, 0.15) is 5.82 Å². The van der Waals surface area contributed by atoms with E-state index in [4.69, 9.17) is 5.11 Å². The van der Waals surface area contributed by atoms with E-state index in [9.17, 15) is 14.0 Å². The summed E-state index contributed by atoms with van der Waals surface area (Å²) in [6, 6.07) is 5.13. The third kappa shape index (κ3) is 3.33. The van der Waals surface area contributed by atoms with Crippen LogP contribution >= 0.6 is 0 Å². The summed E-state index contributed by atoms with van der Waals surface area (Å²) in [6.45, 7) is 0.384. The van der Waals surface area contributed by atoms with Gasteiger partial charge >= 0.3 is 0 Å². The van der Waals surface area contributed by atoms with Gasteiger partial charge in [-0.3, -0.25) is 9.59 Å². The van der Waals surface area contributed by atoms with Gasteiger partial charge in [0, 0.05) is 12.1 Å². The molecule has 2 N–H and O–H groups in total. The first-order valence-corrected chi connectivity index (χ1v) is 6.56. The zero-order valence-corrected chi connectivity index (χ0v) is 11.0. The number of aliphatic hydroxyl groups is 1. The molecule has 0 aromatic heterocycles. The van der Waals surface area contributed by atoms with Crippen molar-refractivity contribution in [3.05, 3.63) is 35.6 Å². The molecule has 2 rings (SSSR count). The number of halogens is 1. The van der Waals surface area contributed by atoms with Crippen LogP contribution in [0.5, 0.6) is 0 Å². The minimum absolute atomic E-state index is 0.0659. The molecule has 2 amide bonds. The molecule has 1 saturated heterocycles. The SMILES string of the molecule is O=C(NCC(=O)N1CCC[C@H]1CO)c1cccc(F)c1. The lowest BCUT2D eigenvalue weighted by atomic mass is 10.2. The summed E-state index contributed by atoms with van der Waals surface area (Å²) in [7, 11) is 0. The number of amides is 2. The second-order valence-electron chi connectivity index (χ2n) is 4.76. The molecule has 0 bridgehead atoms. The molecule has 1 atom stereocenters. The van der Waals surface area contributed by atoms with Crippen LogP contribution in [0.4, 0.5) is 4.39 Å².